The molecule has 0 atom stereocenters. The van der Waals surface area contributed by atoms with Crippen LogP contribution in [0.15, 0.2) is 30.3 Å². The Morgan fingerprint density at radius 3 is 2.94 bits per heavy atom. The highest BCUT2D eigenvalue weighted by molar-refractivity contribution is 5.91. The van der Waals surface area contributed by atoms with Crippen LogP contribution in [0.3, 0.4) is 0 Å². The third-order valence-electron chi connectivity index (χ3n) is 2.14. The highest BCUT2D eigenvalue weighted by Gasteiger charge is 1.94. The monoisotopic (exact) mass is 218 g/mol. The van der Waals surface area contributed by atoms with Crippen LogP contribution in [0.1, 0.15) is 32.3 Å². The van der Waals surface area contributed by atoms with Crippen molar-refractivity contribution in [3.8, 4) is 5.75 Å². The predicted molar refractivity (Wildman–Crippen MR) is 66.6 cm³/mol. The number of rotatable bonds is 6. The molecule has 0 aliphatic rings. The summed E-state index contributed by atoms with van der Waals surface area (Å²) in [5.41, 5.74) is 0.990. The first-order valence-corrected chi connectivity index (χ1v) is 5.64. The molecule has 0 saturated heterocycles. The molecule has 0 bridgehead atoms. The largest absolute Gasteiger partial charge is 0.494 e. The first kappa shape index (κ1) is 12.5. The van der Waals surface area contributed by atoms with E-state index in [2.05, 4.69) is 6.92 Å². The maximum Gasteiger partial charge on any atom is 0.152 e. The minimum absolute atomic E-state index is 0.0531. The predicted octanol–water partition coefficient (Wildman–Crippen LogP) is 3.47. The highest BCUT2D eigenvalue weighted by atomic mass is 16.5. The molecular weight excluding hydrogens is 200 g/mol. The summed E-state index contributed by atoms with van der Waals surface area (Å²) in [6.45, 7) is 4.42. The molecule has 0 unspecified atom stereocenters. The topological polar surface area (TPSA) is 26.3 Å². The van der Waals surface area contributed by atoms with Gasteiger partial charge in [0.1, 0.15) is 5.75 Å². The third kappa shape index (κ3) is 4.78. The molecular formula is C14H18O2. The second kappa shape index (κ2) is 6.83. The van der Waals surface area contributed by atoms with E-state index in [1.807, 2.05) is 24.3 Å². The molecule has 0 radical (unpaired) electrons. The van der Waals surface area contributed by atoms with Gasteiger partial charge in [0.05, 0.1) is 6.61 Å². The zero-order chi connectivity index (χ0) is 11.8. The van der Waals surface area contributed by atoms with E-state index >= 15 is 0 Å². The Morgan fingerprint density at radius 2 is 2.25 bits per heavy atom. The van der Waals surface area contributed by atoms with Gasteiger partial charge in [-0.25, -0.2) is 0 Å². The van der Waals surface area contributed by atoms with Crippen molar-refractivity contribution in [2.75, 3.05) is 6.61 Å². The van der Waals surface area contributed by atoms with Crippen LogP contribution in [0, 0.1) is 0 Å². The molecule has 16 heavy (non-hydrogen) atoms. The van der Waals surface area contributed by atoms with Gasteiger partial charge in [0.25, 0.3) is 0 Å². The van der Waals surface area contributed by atoms with Gasteiger partial charge in [-0.1, -0.05) is 31.6 Å². The Kier molecular flexibility index (Phi) is 5.34. The lowest BCUT2D eigenvalue weighted by atomic mass is 10.2. The zero-order valence-corrected chi connectivity index (χ0v) is 9.90. The van der Waals surface area contributed by atoms with Crippen LogP contribution in [0.4, 0.5) is 0 Å². The lowest BCUT2D eigenvalue weighted by molar-refractivity contribution is -0.112. The molecule has 0 spiro atoms. The van der Waals surface area contributed by atoms with Gasteiger partial charge < -0.3 is 4.74 Å². The molecule has 0 aliphatic heterocycles. The molecule has 1 aromatic carbocycles. The lowest BCUT2D eigenvalue weighted by Crippen LogP contribution is -1.96. The molecule has 2 heteroatoms. The number of ketones is 1. The van der Waals surface area contributed by atoms with Crippen LogP contribution in [-0.2, 0) is 4.79 Å². The van der Waals surface area contributed by atoms with Crippen LogP contribution in [0.25, 0.3) is 6.08 Å². The first-order valence-electron chi connectivity index (χ1n) is 5.64. The Hall–Kier alpha value is -1.57. The van der Waals surface area contributed by atoms with Gasteiger partial charge in [-0.15, -0.1) is 0 Å². The molecule has 0 amide bonds. The fraction of sp³-hybridized carbons (Fsp3) is 0.357. The quantitative estimate of drug-likeness (QED) is 0.540. The van der Waals surface area contributed by atoms with Gasteiger partial charge in [0, 0.05) is 0 Å². The normalized spacial score (nSPS) is 10.6. The minimum Gasteiger partial charge on any atom is -0.494 e. The zero-order valence-electron chi connectivity index (χ0n) is 9.90. The summed E-state index contributed by atoms with van der Waals surface area (Å²) in [4.78, 5) is 10.8. The average molecular weight is 218 g/mol. The summed E-state index contributed by atoms with van der Waals surface area (Å²) in [5.74, 6) is 0.913. The average Bonchev–Trinajstić information content (AvgIpc) is 2.27. The number of hydrogen-bond donors (Lipinski definition) is 0. The molecule has 0 aliphatic carbocycles. The summed E-state index contributed by atoms with van der Waals surface area (Å²) in [5, 5.41) is 0. The van der Waals surface area contributed by atoms with E-state index in [0.29, 0.717) is 0 Å². The molecule has 2 nitrogen and oxygen atoms in total. The van der Waals surface area contributed by atoms with Crippen LogP contribution < -0.4 is 4.74 Å². The van der Waals surface area contributed by atoms with E-state index in [4.69, 9.17) is 4.74 Å². The number of carbonyl (C=O) groups is 1. The first-order chi connectivity index (χ1) is 7.72. The number of hydrogen-bond acceptors (Lipinski definition) is 2. The van der Waals surface area contributed by atoms with E-state index < -0.39 is 0 Å². The van der Waals surface area contributed by atoms with Gasteiger partial charge in [-0.2, -0.15) is 0 Å². The minimum atomic E-state index is 0.0531. The van der Waals surface area contributed by atoms with Crippen LogP contribution in [0.5, 0.6) is 5.75 Å². The van der Waals surface area contributed by atoms with Crippen molar-refractivity contribution in [3.63, 3.8) is 0 Å². The number of benzene rings is 1. The Labute approximate surface area is 96.9 Å². The van der Waals surface area contributed by atoms with E-state index in [1.54, 1.807) is 12.2 Å². The summed E-state index contributed by atoms with van der Waals surface area (Å²) in [6, 6.07) is 7.75. The standard InChI is InChI=1S/C14H18O2/c1-3-4-10-16-14-7-5-6-13(11-14)9-8-12(2)15/h5-9,11H,3-4,10H2,1-2H3/b9-8+. The van der Waals surface area contributed by atoms with Crippen LogP contribution >= 0.6 is 0 Å². The highest BCUT2D eigenvalue weighted by Crippen LogP contribution is 2.14. The molecule has 86 valence electrons. The second-order valence-corrected chi connectivity index (χ2v) is 3.72. The van der Waals surface area contributed by atoms with Crippen molar-refractivity contribution in [3.05, 3.63) is 35.9 Å². The van der Waals surface area contributed by atoms with Crippen molar-refractivity contribution >= 4 is 11.9 Å². The van der Waals surface area contributed by atoms with Crippen molar-refractivity contribution in [1.82, 2.24) is 0 Å². The van der Waals surface area contributed by atoms with Crippen LogP contribution in [0.2, 0.25) is 0 Å². The van der Waals surface area contributed by atoms with E-state index in [-0.39, 0.29) is 5.78 Å². The molecule has 0 fully saturated rings. The number of allylic oxidation sites excluding steroid dienone is 1. The number of ether oxygens (including phenoxy) is 1. The maximum absolute atomic E-state index is 10.8. The van der Waals surface area contributed by atoms with Gasteiger partial charge in [-0.3, -0.25) is 4.79 Å². The number of carbonyl (C=O) groups excluding carboxylic acids is 1. The molecule has 1 rings (SSSR count). The van der Waals surface area contributed by atoms with Crippen molar-refractivity contribution in [2.24, 2.45) is 0 Å². The smallest absolute Gasteiger partial charge is 0.152 e. The van der Waals surface area contributed by atoms with Crippen molar-refractivity contribution < 1.29 is 9.53 Å². The Bertz CT molecular complexity index is 367. The Balaban J connectivity index is 2.60. The van der Waals surface area contributed by atoms with Gasteiger partial charge >= 0.3 is 0 Å². The van der Waals surface area contributed by atoms with Crippen LogP contribution in [-0.4, -0.2) is 12.4 Å². The molecule has 0 aromatic heterocycles. The van der Waals surface area contributed by atoms with Gasteiger partial charge in [0.2, 0.25) is 0 Å². The van der Waals surface area contributed by atoms with Gasteiger partial charge in [0.15, 0.2) is 5.78 Å². The SMILES string of the molecule is CCCCOc1cccc(/C=C/C(C)=O)c1. The summed E-state index contributed by atoms with van der Waals surface area (Å²) >= 11 is 0. The number of unbranched alkanes of at least 4 members (excludes halogenated alkanes) is 1. The fourth-order valence-corrected chi connectivity index (χ4v) is 1.26. The summed E-state index contributed by atoms with van der Waals surface area (Å²) in [6.07, 6.45) is 5.55. The molecule has 0 saturated carbocycles. The van der Waals surface area contributed by atoms with E-state index in [0.717, 1.165) is 30.8 Å². The Morgan fingerprint density at radius 1 is 1.44 bits per heavy atom. The summed E-state index contributed by atoms with van der Waals surface area (Å²) in [7, 11) is 0. The molecule has 0 N–H and O–H groups in total. The van der Waals surface area contributed by atoms with Gasteiger partial charge in [-0.05, 0) is 37.1 Å². The lowest BCUT2D eigenvalue weighted by Gasteiger charge is -2.05. The van der Waals surface area contributed by atoms with Crippen molar-refractivity contribution in [1.29, 1.82) is 0 Å². The van der Waals surface area contributed by atoms with Crippen molar-refractivity contribution in [2.45, 2.75) is 26.7 Å². The summed E-state index contributed by atoms with van der Waals surface area (Å²) < 4.78 is 5.58. The second-order valence-electron chi connectivity index (χ2n) is 3.72. The maximum atomic E-state index is 10.8. The molecule has 0 heterocycles. The van der Waals surface area contributed by atoms with E-state index in [1.165, 1.54) is 6.92 Å². The molecule has 1 aromatic rings. The fourth-order valence-electron chi connectivity index (χ4n) is 1.26. The third-order valence-corrected chi connectivity index (χ3v) is 2.14. The van der Waals surface area contributed by atoms with E-state index in [9.17, 15) is 4.79 Å².